The number of carbonyl (C=O) groups is 1. The molecule has 0 heterocycles. The summed E-state index contributed by atoms with van der Waals surface area (Å²) in [5, 5.41) is 9.59. The van der Waals surface area contributed by atoms with E-state index in [0.29, 0.717) is 0 Å². The molecule has 3 heteroatoms. The predicted molar refractivity (Wildman–Crippen MR) is 84.3 cm³/mol. The van der Waals surface area contributed by atoms with Gasteiger partial charge in [0.05, 0.1) is 12.1 Å². The number of aryl methyl sites for hydroxylation is 2. The lowest BCUT2D eigenvalue weighted by atomic mass is 9.85. The minimum absolute atomic E-state index is 0.191. The topological polar surface area (TPSA) is 63.3 Å². The summed E-state index contributed by atoms with van der Waals surface area (Å²) in [7, 11) is 0. The van der Waals surface area contributed by atoms with E-state index in [9.17, 15) is 9.90 Å². The van der Waals surface area contributed by atoms with Gasteiger partial charge >= 0.3 is 0 Å². The summed E-state index contributed by atoms with van der Waals surface area (Å²) in [6, 6.07) is 15.2. The molecule has 0 fully saturated rings. The zero-order valence-electron chi connectivity index (χ0n) is 12.2. The Morgan fingerprint density at radius 2 is 1.90 bits per heavy atom. The molecule has 0 aromatic heterocycles. The van der Waals surface area contributed by atoms with Gasteiger partial charge in [-0.1, -0.05) is 54.1 Å². The van der Waals surface area contributed by atoms with Gasteiger partial charge < -0.3 is 10.8 Å². The quantitative estimate of drug-likeness (QED) is 0.791. The molecule has 2 atom stereocenters. The lowest BCUT2D eigenvalue weighted by Gasteiger charge is -2.27. The normalized spacial score (nSPS) is 20.0. The van der Waals surface area contributed by atoms with Gasteiger partial charge in [0, 0.05) is 5.56 Å². The predicted octanol–water partition coefficient (Wildman–Crippen LogP) is 2.80. The zero-order chi connectivity index (χ0) is 15.2. The standard InChI is InChI=1S/C11H15NO.C7H6O/c1-7-2-3-8-4-5-10(13)11(12)9(8)6-7;8-6-7-4-2-1-3-5-7/h2-3,6,10-11,13H,4-5,12H2,1H3;1-6H. The fraction of sp³-hybridized carbons (Fsp3) is 0.278. The fourth-order valence-corrected chi connectivity index (χ4v) is 2.47. The molecule has 21 heavy (non-hydrogen) atoms. The molecule has 0 saturated carbocycles. The van der Waals surface area contributed by atoms with Crippen molar-refractivity contribution in [2.75, 3.05) is 0 Å². The summed E-state index contributed by atoms with van der Waals surface area (Å²) in [5.74, 6) is 0. The van der Waals surface area contributed by atoms with E-state index in [-0.39, 0.29) is 12.1 Å². The molecule has 2 unspecified atom stereocenters. The van der Waals surface area contributed by atoms with Crippen LogP contribution in [-0.4, -0.2) is 17.5 Å². The highest BCUT2D eigenvalue weighted by Crippen LogP contribution is 2.28. The van der Waals surface area contributed by atoms with E-state index in [2.05, 4.69) is 18.2 Å². The molecule has 0 spiro atoms. The van der Waals surface area contributed by atoms with Crippen molar-refractivity contribution in [2.45, 2.75) is 31.9 Å². The number of carbonyl (C=O) groups excluding carboxylic acids is 1. The molecule has 0 amide bonds. The highest BCUT2D eigenvalue weighted by Gasteiger charge is 2.24. The van der Waals surface area contributed by atoms with E-state index in [1.807, 2.05) is 25.1 Å². The van der Waals surface area contributed by atoms with Crippen molar-refractivity contribution in [1.82, 2.24) is 0 Å². The number of hydrogen-bond donors (Lipinski definition) is 2. The molecule has 1 aliphatic carbocycles. The maximum absolute atomic E-state index is 10.0. The van der Waals surface area contributed by atoms with Crippen molar-refractivity contribution in [3.05, 3.63) is 70.8 Å². The van der Waals surface area contributed by atoms with Crippen molar-refractivity contribution in [3.63, 3.8) is 0 Å². The highest BCUT2D eigenvalue weighted by molar-refractivity contribution is 5.74. The zero-order valence-corrected chi connectivity index (χ0v) is 12.2. The van der Waals surface area contributed by atoms with Gasteiger partial charge in [-0.25, -0.2) is 0 Å². The SMILES string of the molecule is Cc1ccc2c(c1)C(N)C(O)CC2.O=Cc1ccccc1. The summed E-state index contributed by atoms with van der Waals surface area (Å²) >= 11 is 0. The second-order valence-corrected chi connectivity index (χ2v) is 5.36. The van der Waals surface area contributed by atoms with Crippen LogP contribution in [-0.2, 0) is 6.42 Å². The van der Waals surface area contributed by atoms with Gasteiger partial charge in [0.15, 0.2) is 0 Å². The Balaban J connectivity index is 0.000000173. The number of aldehydes is 1. The van der Waals surface area contributed by atoms with Crippen molar-refractivity contribution in [1.29, 1.82) is 0 Å². The van der Waals surface area contributed by atoms with Crippen molar-refractivity contribution in [3.8, 4) is 0 Å². The van der Waals surface area contributed by atoms with Crippen LogP contribution < -0.4 is 5.73 Å². The largest absolute Gasteiger partial charge is 0.391 e. The van der Waals surface area contributed by atoms with Gasteiger partial charge in [-0.2, -0.15) is 0 Å². The summed E-state index contributed by atoms with van der Waals surface area (Å²) < 4.78 is 0. The summed E-state index contributed by atoms with van der Waals surface area (Å²) in [6.07, 6.45) is 2.20. The van der Waals surface area contributed by atoms with Gasteiger partial charge in [0.1, 0.15) is 6.29 Å². The van der Waals surface area contributed by atoms with Crippen LogP contribution in [0.5, 0.6) is 0 Å². The number of rotatable bonds is 1. The Bertz CT molecular complexity index is 595. The minimum atomic E-state index is -0.366. The second kappa shape index (κ2) is 7.16. The third-order valence-corrected chi connectivity index (χ3v) is 3.72. The number of aliphatic hydroxyl groups is 1. The van der Waals surface area contributed by atoms with E-state index >= 15 is 0 Å². The molecule has 0 saturated heterocycles. The van der Waals surface area contributed by atoms with Gasteiger partial charge in [-0.15, -0.1) is 0 Å². The average molecular weight is 283 g/mol. The summed E-state index contributed by atoms with van der Waals surface area (Å²) in [5.41, 5.74) is 10.3. The van der Waals surface area contributed by atoms with Gasteiger partial charge in [0.25, 0.3) is 0 Å². The lowest BCUT2D eigenvalue weighted by Crippen LogP contribution is -2.31. The van der Waals surface area contributed by atoms with Crippen molar-refractivity contribution in [2.24, 2.45) is 5.73 Å². The maximum atomic E-state index is 10.0. The Labute approximate surface area is 125 Å². The molecular weight excluding hydrogens is 262 g/mol. The lowest BCUT2D eigenvalue weighted by molar-refractivity contribution is 0.112. The van der Waals surface area contributed by atoms with E-state index in [1.165, 1.54) is 11.1 Å². The first-order chi connectivity index (χ1) is 10.1. The van der Waals surface area contributed by atoms with E-state index in [0.717, 1.165) is 30.3 Å². The fourth-order valence-electron chi connectivity index (χ4n) is 2.47. The van der Waals surface area contributed by atoms with Crippen LogP contribution in [0.15, 0.2) is 48.5 Å². The summed E-state index contributed by atoms with van der Waals surface area (Å²) in [4.78, 5) is 10.0. The average Bonchev–Trinajstić information content (AvgIpc) is 2.53. The molecule has 0 aliphatic heterocycles. The van der Waals surface area contributed by atoms with E-state index in [4.69, 9.17) is 5.73 Å². The van der Waals surface area contributed by atoms with Crippen LogP contribution >= 0.6 is 0 Å². The molecule has 3 nitrogen and oxygen atoms in total. The van der Waals surface area contributed by atoms with E-state index in [1.54, 1.807) is 12.1 Å². The first kappa shape index (κ1) is 15.4. The summed E-state index contributed by atoms with van der Waals surface area (Å²) in [6.45, 7) is 2.05. The Morgan fingerprint density at radius 1 is 1.19 bits per heavy atom. The van der Waals surface area contributed by atoms with Crippen LogP contribution in [0.4, 0.5) is 0 Å². The number of benzene rings is 2. The smallest absolute Gasteiger partial charge is 0.150 e. The second-order valence-electron chi connectivity index (χ2n) is 5.36. The van der Waals surface area contributed by atoms with Crippen LogP contribution in [0.2, 0.25) is 0 Å². The molecule has 0 radical (unpaired) electrons. The third-order valence-electron chi connectivity index (χ3n) is 3.72. The molecule has 3 rings (SSSR count). The molecule has 3 N–H and O–H groups in total. The van der Waals surface area contributed by atoms with Gasteiger partial charge in [-0.05, 0) is 30.9 Å². The first-order valence-corrected chi connectivity index (χ1v) is 7.15. The molecule has 1 aliphatic rings. The van der Waals surface area contributed by atoms with E-state index < -0.39 is 0 Å². The third kappa shape index (κ3) is 4.00. The van der Waals surface area contributed by atoms with Crippen LogP contribution in [0.3, 0.4) is 0 Å². The maximum Gasteiger partial charge on any atom is 0.150 e. The number of aliphatic hydroxyl groups excluding tert-OH is 1. The van der Waals surface area contributed by atoms with Gasteiger partial charge in [0.2, 0.25) is 0 Å². The first-order valence-electron chi connectivity index (χ1n) is 7.15. The molecule has 0 bridgehead atoms. The number of fused-ring (bicyclic) bond motifs is 1. The minimum Gasteiger partial charge on any atom is -0.391 e. The monoisotopic (exact) mass is 283 g/mol. The Kier molecular flexibility index (Phi) is 5.26. The molecular formula is C18H21NO2. The van der Waals surface area contributed by atoms with Gasteiger partial charge in [-0.3, -0.25) is 4.79 Å². The number of hydrogen-bond acceptors (Lipinski definition) is 3. The van der Waals surface area contributed by atoms with Crippen LogP contribution in [0.25, 0.3) is 0 Å². The molecule has 110 valence electrons. The van der Waals surface area contributed by atoms with Crippen molar-refractivity contribution < 1.29 is 9.90 Å². The Morgan fingerprint density at radius 3 is 2.52 bits per heavy atom. The van der Waals surface area contributed by atoms with Crippen LogP contribution in [0.1, 0.15) is 39.5 Å². The van der Waals surface area contributed by atoms with Crippen LogP contribution in [0, 0.1) is 6.92 Å². The highest BCUT2D eigenvalue weighted by atomic mass is 16.3. The molecule has 2 aromatic rings. The molecule has 2 aromatic carbocycles. The Hall–Kier alpha value is -1.97. The van der Waals surface area contributed by atoms with Crippen molar-refractivity contribution >= 4 is 6.29 Å². The number of nitrogens with two attached hydrogens (primary N) is 1.